The van der Waals surface area contributed by atoms with Crippen molar-refractivity contribution in [2.24, 2.45) is 0 Å². The zero-order valence-corrected chi connectivity index (χ0v) is 24.6. The van der Waals surface area contributed by atoms with Gasteiger partial charge in [-0.3, -0.25) is 19.3 Å². The van der Waals surface area contributed by atoms with Crippen molar-refractivity contribution in [3.8, 4) is 0 Å². The van der Waals surface area contributed by atoms with Gasteiger partial charge in [0.25, 0.3) is 11.7 Å². The minimum atomic E-state index is -3.50. The first-order valence-corrected chi connectivity index (χ1v) is 14.6. The molecule has 2 N–H and O–H groups in total. The highest BCUT2D eigenvalue weighted by atomic mass is 19.2. The Labute approximate surface area is 256 Å². The lowest BCUT2D eigenvalue weighted by molar-refractivity contribution is -0.206. The number of carbonyl (C=O) groups is 4. The second-order valence-corrected chi connectivity index (χ2v) is 12.0. The molecule has 2 saturated heterocycles. The maximum Gasteiger partial charge on any atom is 0.412 e. The monoisotopic (exact) mass is 636 g/mol. The van der Waals surface area contributed by atoms with E-state index in [4.69, 9.17) is 0 Å². The van der Waals surface area contributed by atoms with Gasteiger partial charge in [0.2, 0.25) is 24.4 Å². The van der Waals surface area contributed by atoms with Crippen molar-refractivity contribution in [1.29, 1.82) is 0 Å². The molecular weight excluding hydrogens is 603 g/mol. The summed E-state index contributed by atoms with van der Waals surface area (Å²) in [7, 11) is 0. The number of amides is 4. The lowest BCUT2D eigenvalue weighted by Gasteiger charge is -2.46. The molecule has 0 spiro atoms. The maximum atomic E-state index is 15.4. The molecular formula is C31H33F5N4O5. The summed E-state index contributed by atoms with van der Waals surface area (Å²) < 4.78 is 75.0. The summed E-state index contributed by atoms with van der Waals surface area (Å²) in [6, 6.07) is 10.9. The normalized spacial score (nSPS) is 28.2. The molecule has 2 heterocycles. The zero-order chi connectivity index (χ0) is 32.8. The molecule has 14 heteroatoms. The van der Waals surface area contributed by atoms with E-state index < -0.39 is 97.1 Å². The topological polar surface area (TPSA) is 110 Å². The molecule has 242 valence electrons. The Balaban J connectivity index is 1.38. The van der Waals surface area contributed by atoms with Crippen molar-refractivity contribution in [3.63, 3.8) is 0 Å². The van der Waals surface area contributed by atoms with Crippen LogP contribution in [-0.4, -0.2) is 87.3 Å². The molecule has 2 aromatic carbocycles. The number of carbonyl (C=O) groups excluding carboxylic acids is 3. The van der Waals surface area contributed by atoms with Gasteiger partial charge in [0, 0.05) is 12.8 Å². The predicted octanol–water partition coefficient (Wildman–Crippen LogP) is 4.51. The average molecular weight is 637 g/mol. The summed E-state index contributed by atoms with van der Waals surface area (Å²) in [5.41, 5.74) is 1.26. The molecule has 0 bridgehead atoms. The Morgan fingerprint density at radius 1 is 1.04 bits per heavy atom. The fourth-order valence-corrected chi connectivity index (χ4v) is 6.09. The molecule has 2 aromatic rings. The van der Waals surface area contributed by atoms with Crippen LogP contribution in [0.25, 0.3) is 0 Å². The van der Waals surface area contributed by atoms with Gasteiger partial charge >= 0.3 is 6.09 Å². The van der Waals surface area contributed by atoms with E-state index in [1.54, 1.807) is 42.5 Å². The highest BCUT2D eigenvalue weighted by Crippen LogP contribution is 2.48. The number of halogens is 5. The van der Waals surface area contributed by atoms with Crippen LogP contribution in [0.2, 0.25) is 0 Å². The van der Waals surface area contributed by atoms with E-state index >= 15 is 8.78 Å². The maximum absolute atomic E-state index is 15.4. The number of alkyl halides is 4. The molecule has 3 fully saturated rings. The van der Waals surface area contributed by atoms with Crippen LogP contribution in [0.15, 0.2) is 48.5 Å². The van der Waals surface area contributed by atoms with Crippen molar-refractivity contribution in [3.05, 3.63) is 71.0 Å². The molecule has 0 radical (unpaired) electrons. The van der Waals surface area contributed by atoms with Gasteiger partial charge in [0.05, 0.1) is 12.6 Å². The van der Waals surface area contributed by atoms with Crippen LogP contribution in [0.4, 0.5) is 26.7 Å². The fourth-order valence-electron chi connectivity index (χ4n) is 6.09. The number of nitrogens with one attached hydrogen (secondary N) is 1. The summed E-state index contributed by atoms with van der Waals surface area (Å²) in [5, 5.41) is 12.0. The molecule has 3 aliphatic rings. The van der Waals surface area contributed by atoms with Crippen LogP contribution in [-0.2, 0) is 19.8 Å². The summed E-state index contributed by atoms with van der Waals surface area (Å²) in [5.74, 6) is -7.74. The van der Waals surface area contributed by atoms with Crippen molar-refractivity contribution < 1.29 is 46.2 Å². The Kier molecular flexibility index (Phi) is 8.53. The predicted molar refractivity (Wildman–Crippen MR) is 150 cm³/mol. The van der Waals surface area contributed by atoms with E-state index in [-0.39, 0.29) is 10.3 Å². The number of hydrogen-bond donors (Lipinski definition) is 2. The van der Waals surface area contributed by atoms with Gasteiger partial charge in [-0.05, 0) is 41.0 Å². The van der Waals surface area contributed by atoms with Gasteiger partial charge in [-0.2, -0.15) is 0 Å². The van der Waals surface area contributed by atoms with E-state index in [9.17, 15) is 37.5 Å². The fraction of sp³-hybridized carbons (Fsp3) is 0.484. The van der Waals surface area contributed by atoms with Crippen LogP contribution >= 0.6 is 0 Å². The molecule has 6 unspecified atom stereocenters. The van der Waals surface area contributed by atoms with E-state index in [1.165, 1.54) is 6.07 Å². The highest BCUT2D eigenvalue weighted by molar-refractivity contribution is 5.94. The summed E-state index contributed by atoms with van der Waals surface area (Å²) >= 11 is 0. The molecule has 5 rings (SSSR count). The minimum absolute atomic E-state index is 0.0755. The van der Waals surface area contributed by atoms with Crippen molar-refractivity contribution in [2.75, 3.05) is 13.1 Å². The second kappa shape index (κ2) is 11.9. The molecule has 0 aromatic heterocycles. The number of hydrogen-bond acceptors (Lipinski definition) is 4. The Hall–Kier alpha value is -4.23. The first-order valence-electron chi connectivity index (χ1n) is 14.6. The van der Waals surface area contributed by atoms with Gasteiger partial charge in [0.1, 0.15) is 24.6 Å². The molecule has 9 nitrogen and oxygen atoms in total. The van der Waals surface area contributed by atoms with E-state index in [1.807, 2.05) is 6.92 Å². The Morgan fingerprint density at radius 3 is 2.29 bits per heavy atom. The summed E-state index contributed by atoms with van der Waals surface area (Å²) in [6.07, 6.45) is -9.74. The van der Waals surface area contributed by atoms with E-state index in [2.05, 4.69) is 5.32 Å². The summed E-state index contributed by atoms with van der Waals surface area (Å²) in [6.45, 7) is 1.10. The van der Waals surface area contributed by atoms with Crippen LogP contribution in [0.1, 0.15) is 62.3 Å². The van der Waals surface area contributed by atoms with Crippen LogP contribution in [0, 0.1) is 5.82 Å². The number of likely N-dealkylation sites (tertiary alicyclic amines) is 1. The number of piperazine rings is 1. The van der Waals surface area contributed by atoms with Gasteiger partial charge in [0.15, 0.2) is 0 Å². The minimum Gasteiger partial charge on any atom is -0.465 e. The number of rotatable bonds is 8. The molecule has 6 atom stereocenters. The average Bonchev–Trinajstić information content (AvgIpc) is 3.63. The van der Waals surface area contributed by atoms with Crippen LogP contribution in [0.5, 0.6) is 0 Å². The van der Waals surface area contributed by atoms with Crippen LogP contribution in [0.3, 0.4) is 0 Å². The lowest BCUT2D eigenvalue weighted by Crippen LogP contribution is -2.71. The third-order valence-corrected chi connectivity index (χ3v) is 8.99. The number of benzene rings is 2. The molecule has 1 aliphatic carbocycles. The molecule has 2 aliphatic heterocycles. The Bertz CT molecular complexity index is 1490. The van der Waals surface area contributed by atoms with E-state index in [0.29, 0.717) is 16.7 Å². The largest absolute Gasteiger partial charge is 0.465 e. The zero-order valence-electron chi connectivity index (χ0n) is 24.6. The van der Waals surface area contributed by atoms with Crippen molar-refractivity contribution in [2.45, 2.75) is 81.6 Å². The summed E-state index contributed by atoms with van der Waals surface area (Å²) in [4.78, 5) is 51.3. The van der Waals surface area contributed by atoms with Crippen molar-refractivity contribution >= 4 is 23.8 Å². The quantitative estimate of drug-likeness (QED) is 0.328. The van der Waals surface area contributed by atoms with Crippen molar-refractivity contribution in [1.82, 2.24) is 20.0 Å². The molecule has 45 heavy (non-hydrogen) atoms. The molecule has 4 amide bonds. The third kappa shape index (κ3) is 5.82. The van der Waals surface area contributed by atoms with E-state index in [0.717, 1.165) is 24.7 Å². The second-order valence-electron chi connectivity index (χ2n) is 12.0. The first kappa shape index (κ1) is 32.2. The standard InChI is InChI=1S/C31H33F5N4O5/c1-3-31(36)28(43)39(25(34)26(35)40(31)29(44)45)16-23(41)38-15-19(32)14-22(38)27(42)37-24(17-7-5-4-6-8-17)18-9-10-20(21(33)13-18)30(2)11-12-30/h4-10,13,19,22,24-26H,3,11-12,14-16H2,1-2H3,(H,37,42)(H,44,45). The lowest BCUT2D eigenvalue weighted by atomic mass is 9.92. The number of nitrogens with zero attached hydrogens (tertiary/aromatic N) is 3. The SMILES string of the molecule is CCC1(F)C(=O)N(CC(=O)N2CC(F)CC2C(=O)NC(c2ccccc2)c2ccc(C3(C)CC3)c(F)c2)C(F)C(F)N1C(=O)O. The smallest absolute Gasteiger partial charge is 0.412 e. The van der Waals surface area contributed by atoms with Gasteiger partial charge in [-0.25, -0.2) is 31.6 Å². The van der Waals surface area contributed by atoms with Gasteiger partial charge in [-0.15, -0.1) is 0 Å². The van der Waals surface area contributed by atoms with Gasteiger partial charge in [-0.1, -0.05) is 56.3 Å². The van der Waals surface area contributed by atoms with Gasteiger partial charge < -0.3 is 15.3 Å². The third-order valence-electron chi connectivity index (χ3n) is 8.99. The van der Waals surface area contributed by atoms with Crippen LogP contribution < -0.4 is 5.32 Å². The Morgan fingerprint density at radius 2 is 1.71 bits per heavy atom. The highest BCUT2D eigenvalue weighted by Gasteiger charge is 2.60. The number of carboxylic acid groups (broad SMARTS) is 1. The molecule has 1 saturated carbocycles. The first-order chi connectivity index (χ1) is 21.2.